The molecule has 0 saturated heterocycles. The summed E-state index contributed by atoms with van der Waals surface area (Å²) in [6.45, 7) is 0.320. The Morgan fingerprint density at radius 2 is 2.40 bits per heavy atom. The van der Waals surface area contributed by atoms with Gasteiger partial charge in [-0.2, -0.15) is 0 Å². The van der Waals surface area contributed by atoms with Crippen molar-refractivity contribution in [3.05, 3.63) is 24.0 Å². The lowest BCUT2D eigenvalue weighted by Crippen LogP contribution is -2.31. The summed E-state index contributed by atoms with van der Waals surface area (Å²) in [5.74, 6) is 0.102. The quantitative estimate of drug-likeness (QED) is 0.687. The number of likely N-dealkylation sites (N-methyl/N-ethyl adjacent to an activating group) is 1. The molecule has 1 amide bonds. The molecule has 0 atom stereocenters. The molecular weight excluding hydrogens is 192 g/mol. The molecule has 1 aliphatic carbocycles. The fraction of sp³-hybridized carbons (Fsp3) is 0.455. The molecule has 1 heterocycles. The third-order valence-corrected chi connectivity index (χ3v) is 2.72. The van der Waals surface area contributed by atoms with E-state index < -0.39 is 0 Å². The molecule has 15 heavy (non-hydrogen) atoms. The first kappa shape index (κ1) is 9.96. The van der Waals surface area contributed by atoms with E-state index in [0.29, 0.717) is 18.2 Å². The number of aldehydes is 1. The summed E-state index contributed by atoms with van der Waals surface area (Å²) in [7, 11) is 1.84. The van der Waals surface area contributed by atoms with Crippen molar-refractivity contribution in [1.82, 2.24) is 9.47 Å². The van der Waals surface area contributed by atoms with Gasteiger partial charge in [-0.05, 0) is 18.9 Å². The Labute approximate surface area is 88.5 Å². The zero-order valence-corrected chi connectivity index (χ0v) is 8.72. The summed E-state index contributed by atoms with van der Waals surface area (Å²) in [5, 5.41) is 0. The van der Waals surface area contributed by atoms with Crippen molar-refractivity contribution < 1.29 is 9.59 Å². The number of hydrogen-bond acceptors (Lipinski definition) is 2. The fourth-order valence-electron chi connectivity index (χ4n) is 1.56. The van der Waals surface area contributed by atoms with Gasteiger partial charge in [-0.1, -0.05) is 0 Å². The monoisotopic (exact) mass is 206 g/mol. The third-order valence-electron chi connectivity index (χ3n) is 2.72. The van der Waals surface area contributed by atoms with Gasteiger partial charge in [-0.25, -0.2) is 0 Å². The normalized spacial score (nSPS) is 15.0. The van der Waals surface area contributed by atoms with Gasteiger partial charge in [0, 0.05) is 31.0 Å². The molecule has 1 fully saturated rings. The topological polar surface area (TPSA) is 42.3 Å². The van der Waals surface area contributed by atoms with Crippen LogP contribution in [0, 0.1) is 0 Å². The van der Waals surface area contributed by atoms with Gasteiger partial charge in [-0.15, -0.1) is 0 Å². The molecule has 4 nitrogen and oxygen atoms in total. The Kier molecular flexibility index (Phi) is 2.58. The van der Waals surface area contributed by atoms with Crippen LogP contribution in [0.3, 0.4) is 0 Å². The van der Waals surface area contributed by atoms with Crippen molar-refractivity contribution in [1.29, 1.82) is 0 Å². The van der Waals surface area contributed by atoms with Crippen LogP contribution >= 0.6 is 0 Å². The van der Waals surface area contributed by atoms with Crippen molar-refractivity contribution >= 4 is 12.2 Å². The third kappa shape index (κ3) is 2.26. The van der Waals surface area contributed by atoms with Crippen molar-refractivity contribution in [3.63, 3.8) is 0 Å². The molecule has 1 aromatic heterocycles. The van der Waals surface area contributed by atoms with Gasteiger partial charge in [0.25, 0.3) is 0 Å². The Morgan fingerprint density at radius 3 is 2.93 bits per heavy atom. The van der Waals surface area contributed by atoms with Gasteiger partial charge >= 0.3 is 0 Å². The zero-order valence-electron chi connectivity index (χ0n) is 8.72. The van der Waals surface area contributed by atoms with Crippen LogP contribution < -0.4 is 0 Å². The lowest BCUT2D eigenvalue weighted by molar-refractivity contribution is -0.131. The van der Waals surface area contributed by atoms with Crippen molar-refractivity contribution in [3.8, 4) is 0 Å². The molecule has 0 radical (unpaired) electrons. The Morgan fingerprint density at radius 1 is 1.67 bits per heavy atom. The van der Waals surface area contributed by atoms with Crippen LogP contribution in [0.5, 0.6) is 0 Å². The van der Waals surface area contributed by atoms with Gasteiger partial charge in [0.15, 0.2) is 6.29 Å². The lowest BCUT2D eigenvalue weighted by Gasteiger charge is -2.16. The van der Waals surface area contributed by atoms with Crippen LogP contribution in [0.15, 0.2) is 18.5 Å². The summed E-state index contributed by atoms with van der Waals surface area (Å²) in [6.07, 6.45) is 6.46. The molecule has 0 aromatic carbocycles. The minimum atomic E-state index is 0.102. The van der Waals surface area contributed by atoms with Crippen LogP contribution in [0.25, 0.3) is 0 Å². The van der Waals surface area contributed by atoms with E-state index in [0.717, 1.165) is 19.1 Å². The van der Waals surface area contributed by atoms with Gasteiger partial charge in [-0.3, -0.25) is 9.59 Å². The second kappa shape index (κ2) is 3.88. The average molecular weight is 206 g/mol. The Hall–Kier alpha value is -1.58. The first-order valence-corrected chi connectivity index (χ1v) is 5.07. The molecule has 80 valence electrons. The second-order valence-corrected chi connectivity index (χ2v) is 3.97. The standard InChI is InChI=1S/C11H14N2O2/c1-12(10-2-3-10)11(15)7-13-5-4-9(6-13)8-14/h4-6,8,10H,2-3,7H2,1H3. The number of nitrogens with zero attached hydrogens (tertiary/aromatic N) is 2. The molecular formula is C11H14N2O2. The first-order chi connectivity index (χ1) is 7.20. The molecule has 4 heteroatoms. The van der Waals surface area contributed by atoms with Crippen molar-refractivity contribution in [2.75, 3.05) is 7.05 Å². The number of carbonyl (C=O) groups is 2. The largest absolute Gasteiger partial charge is 0.344 e. The highest BCUT2D eigenvalue weighted by atomic mass is 16.2. The minimum absolute atomic E-state index is 0.102. The summed E-state index contributed by atoms with van der Waals surface area (Å²) < 4.78 is 1.74. The number of amides is 1. The summed E-state index contributed by atoms with van der Waals surface area (Å²) in [5.41, 5.74) is 0.608. The highest BCUT2D eigenvalue weighted by molar-refractivity contribution is 5.77. The molecule has 0 N–H and O–H groups in total. The van der Waals surface area contributed by atoms with Crippen molar-refractivity contribution in [2.24, 2.45) is 0 Å². The molecule has 0 bridgehead atoms. The molecule has 0 spiro atoms. The van der Waals surface area contributed by atoms with Crippen molar-refractivity contribution in [2.45, 2.75) is 25.4 Å². The zero-order chi connectivity index (χ0) is 10.8. The lowest BCUT2D eigenvalue weighted by atomic mass is 10.4. The van der Waals surface area contributed by atoms with Crippen LogP contribution in [0.1, 0.15) is 23.2 Å². The highest BCUT2D eigenvalue weighted by Gasteiger charge is 2.29. The van der Waals surface area contributed by atoms with Crippen LogP contribution in [-0.2, 0) is 11.3 Å². The summed E-state index contributed by atoms with van der Waals surface area (Å²) >= 11 is 0. The smallest absolute Gasteiger partial charge is 0.242 e. The van der Waals surface area contributed by atoms with Crippen LogP contribution in [0.4, 0.5) is 0 Å². The van der Waals surface area contributed by atoms with Gasteiger partial charge in [0.2, 0.25) is 5.91 Å². The molecule has 0 unspecified atom stereocenters. The Bertz CT molecular complexity index is 380. The van der Waals surface area contributed by atoms with E-state index in [1.807, 2.05) is 7.05 Å². The van der Waals surface area contributed by atoms with Gasteiger partial charge in [0.05, 0.1) is 0 Å². The predicted molar refractivity (Wildman–Crippen MR) is 55.6 cm³/mol. The van der Waals surface area contributed by atoms with Gasteiger partial charge < -0.3 is 9.47 Å². The number of hydrogen-bond donors (Lipinski definition) is 0. The van der Waals surface area contributed by atoms with Crippen LogP contribution in [-0.4, -0.2) is 34.7 Å². The average Bonchev–Trinajstić information content (AvgIpc) is 2.98. The maximum atomic E-state index is 11.7. The first-order valence-electron chi connectivity index (χ1n) is 5.07. The van der Waals surface area contributed by atoms with E-state index in [-0.39, 0.29) is 5.91 Å². The van der Waals surface area contributed by atoms with E-state index >= 15 is 0 Å². The fourth-order valence-corrected chi connectivity index (χ4v) is 1.56. The maximum absolute atomic E-state index is 11.7. The van der Waals surface area contributed by atoms with Gasteiger partial charge in [0.1, 0.15) is 6.54 Å². The summed E-state index contributed by atoms with van der Waals surface area (Å²) in [4.78, 5) is 23.9. The molecule has 0 aliphatic heterocycles. The molecule has 1 aliphatic rings. The number of carbonyl (C=O) groups excluding carboxylic acids is 2. The van der Waals surface area contributed by atoms with E-state index in [4.69, 9.17) is 0 Å². The summed E-state index contributed by atoms with van der Waals surface area (Å²) in [6, 6.07) is 2.15. The van der Waals surface area contributed by atoms with E-state index in [1.165, 1.54) is 0 Å². The van der Waals surface area contributed by atoms with Crippen LogP contribution in [0.2, 0.25) is 0 Å². The molecule has 1 aromatic rings. The van der Waals surface area contributed by atoms with E-state index in [2.05, 4.69) is 0 Å². The van der Waals surface area contributed by atoms with E-state index in [9.17, 15) is 9.59 Å². The SMILES string of the molecule is CN(C(=O)Cn1ccc(C=O)c1)C1CC1. The minimum Gasteiger partial charge on any atom is -0.344 e. The maximum Gasteiger partial charge on any atom is 0.242 e. The Balaban J connectivity index is 1.95. The van der Waals surface area contributed by atoms with E-state index in [1.54, 1.807) is 27.9 Å². The number of rotatable bonds is 4. The highest BCUT2D eigenvalue weighted by Crippen LogP contribution is 2.25. The number of aromatic nitrogens is 1. The second-order valence-electron chi connectivity index (χ2n) is 3.97. The predicted octanol–water partition coefficient (Wildman–Crippen LogP) is 0.921. The molecule has 1 saturated carbocycles. The molecule has 2 rings (SSSR count).